The fraction of sp³-hybridized carbons (Fsp3) is 0.0909. The Balaban J connectivity index is 3.13. The first-order valence-corrected chi connectivity index (χ1v) is 3.69. The van der Waals surface area contributed by atoms with Crippen molar-refractivity contribution in [3.05, 3.63) is 47.4 Å². The molecule has 1 aromatic rings. The van der Waals surface area contributed by atoms with Crippen molar-refractivity contribution in [2.75, 3.05) is 0 Å². The molecule has 0 heterocycles. The van der Waals surface area contributed by atoms with E-state index in [1.807, 2.05) is 24.3 Å². The van der Waals surface area contributed by atoms with E-state index in [4.69, 9.17) is 0 Å². The molecule has 1 rings (SSSR count). The standard InChI is InChI=1S/C11H12/c1-3-4-8-11-9-6-5-7-10(11)2/h3,5-9H,1-2,4H2/b11-8-. The molecule has 0 aliphatic heterocycles. The van der Waals surface area contributed by atoms with Gasteiger partial charge in [-0.25, -0.2) is 0 Å². The van der Waals surface area contributed by atoms with Gasteiger partial charge in [0.25, 0.3) is 0 Å². The van der Waals surface area contributed by atoms with E-state index in [0.717, 1.165) is 11.6 Å². The summed E-state index contributed by atoms with van der Waals surface area (Å²) >= 11 is 0. The van der Waals surface area contributed by atoms with Gasteiger partial charge in [0.2, 0.25) is 0 Å². The van der Waals surface area contributed by atoms with Crippen molar-refractivity contribution in [1.82, 2.24) is 0 Å². The summed E-state index contributed by atoms with van der Waals surface area (Å²) in [6.45, 7) is 7.56. The summed E-state index contributed by atoms with van der Waals surface area (Å²) in [5, 5.41) is 2.28. The van der Waals surface area contributed by atoms with Crippen molar-refractivity contribution in [2.45, 2.75) is 6.42 Å². The van der Waals surface area contributed by atoms with Crippen LogP contribution < -0.4 is 10.4 Å². The summed E-state index contributed by atoms with van der Waals surface area (Å²) in [6, 6.07) is 8.08. The van der Waals surface area contributed by atoms with Gasteiger partial charge in [-0.2, -0.15) is 0 Å². The molecule has 0 nitrogen and oxygen atoms in total. The highest BCUT2D eigenvalue weighted by atomic mass is 13.8. The van der Waals surface area contributed by atoms with E-state index < -0.39 is 0 Å². The molecule has 0 aromatic heterocycles. The normalized spacial score (nSPS) is 11.5. The molecule has 0 saturated heterocycles. The second-order valence-corrected chi connectivity index (χ2v) is 2.43. The first-order valence-electron chi connectivity index (χ1n) is 3.69. The molecule has 0 amide bonds. The second-order valence-electron chi connectivity index (χ2n) is 2.43. The molecular formula is C11H12. The Morgan fingerprint density at radius 1 is 1.27 bits per heavy atom. The van der Waals surface area contributed by atoms with Gasteiger partial charge in [0.05, 0.1) is 0 Å². The van der Waals surface area contributed by atoms with Gasteiger partial charge in [0.1, 0.15) is 0 Å². The molecule has 0 heteroatoms. The van der Waals surface area contributed by atoms with Crippen LogP contribution in [0.5, 0.6) is 0 Å². The summed E-state index contributed by atoms with van der Waals surface area (Å²) in [5.41, 5.74) is 0. The van der Waals surface area contributed by atoms with Crippen LogP contribution in [-0.2, 0) is 0 Å². The molecule has 0 aliphatic carbocycles. The largest absolute Gasteiger partial charge is 0.103 e. The van der Waals surface area contributed by atoms with E-state index in [2.05, 4.69) is 25.3 Å². The molecular weight excluding hydrogens is 132 g/mol. The maximum Gasteiger partial charge on any atom is -0.0163 e. The Labute approximate surface area is 67.2 Å². The van der Waals surface area contributed by atoms with E-state index in [9.17, 15) is 0 Å². The Hall–Kier alpha value is -1.30. The molecule has 0 radical (unpaired) electrons. The Kier molecular flexibility index (Phi) is 2.67. The highest BCUT2D eigenvalue weighted by Crippen LogP contribution is 1.79. The van der Waals surface area contributed by atoms with E-state index in [1.54, 1.807) is 0 Å². The molecule has 0 saturated carbocycles. The van der Waals surface area contributed by atoms with E-state index in [-0.39, 0.29) is 0 Å². The number of rotatable bonds is 2. The molecule has 56 valence electrons. The molecule has 0 bridgehead atoms. The average molecular weight is 144 g/mol. The van der Waals surface area contributed by atoms with Gasteiger partial charge in [-0.3, -0.25) is 0 Å². The van der Waals surface area contributed by atoms with Crippen molar-refractivity contribution in [3.8, 4) is 0 Å². The predicted octanol–water partition coefficient (Wildman–Crippen LogP) is 1.45. The van der Waals surface area contributed by atoms with Crippen LogP contribution in [0.1, 0.15) is 6.42 Å². The van der Waals surface area contributed by atoms with Gasteiger partial charge in [0, 0.05) is 0 Å². The topological polar surface area (TPSA) is 0 Å². The molecule has 0 atom stereocenters. The van der Waals surface area contributed by atoms with Gasteiger partial charge in [-0.1, -0.05) is 43.0 Å². The minimum atomic E-state index is 0.909. The van der Waals surface area contributed by atoms with Crippen LogP contribution in [0.4, 0.5) is 0 Å². The third-order valence-electron chi connectivity index (χ3n) is 1.56. The molecule has 0 unspecified atom stereocenters. The lowest BCUT2D eigenvalue weighted by molar-refractivity contribution is 1.44. The molecule has 0 spiro atoms. The van der Waals surface area contributed by atoms with Gasteiger partial charge in [-0.15, -0.1) is 6.58 Å². The Bertz CT molecular complexity index is 333. The summed E-state index contributed by atoms with van der Waals surface area (Å²) in [6.07, 6.45) is 4.91. The van der Waals surface area contributed by atoms with Crippen LogP contribution in [0.15, 0.2) is 36.9 Å². The SMILES string of the molecule is C=CC/C=c1/ccccc1=C. The molecule has 0 N–H and O–H groups in total. The van der Waals surface area contributed by atoms with Crippen molar-refractivity contribution < 1.29 is 0 Å². The minimum Gasteiger partial charge on any atom is -0.103 e. The lowest BCUT2D eigenvalue weighted by atomic mass is 10.2. The van der Waals surface area contributed by atoms with Gasteiger partial charge in [-0.05, 0) is 16.9 Å². The Morgan fingerprint density at radius 3 is 2.64 bits per heavy atom. The predicted molar refractivity (Wildman–Crippen MR) is 50.5 cm³/mol. The first kappa shape index (κ1) is 7.80. The minimum absolute atomic E-state index is 0.909. The maximum atomic E-state index is 3.91. The van der Waals surface area contributed by atoms with Crippen molar-refractivity contribution in [3.63, 3.8) is 0 Å². The average Bonchev–Trinajstić information content (AvgIpc) is 2.03. The quantitative estimate of drug-likeness (QED) is 0.551. The van der Waals surface area contributed by atoms with Gasteiger partial charge >= 0.3 is 0 Å². The highest BCUT2D eigenvalue weighted by molar-refractivity contribution is 5.28. The van der Waals surface area contributed by atoms with Gasteiger partial charge < -0.3 is 0 Å². The van der Waals surface area contributed by atoms with E-state index in [0.29, 0.717) is 0 Å². The summed E-state index contributed by atoms with van der Waals surface area (Å²) in [5.74, 6) is 0. The van der Waals surface area contributed by atoms with Crippen LogP contribution in [0.3, 0.4) is 0 Å². The van der Waals surface area contributed by atoms with E-state index in [1.165, 1.54) is 5.22 Å². The number of allylic oxidation sites excluding steroid dienone is 1. The molecule has 11 heavy (non-hydrogen) atoms. The lowest BCUT2D eigenvalue weighted by Gasteiger charge is -1.86. The van der Waals surface area contributed by atoms with E-state index >= 15 is 0 Å². The third kappa shape index (κ3) is 2.08. The smallest absolute Gasteiger partial charge is 0.0163 e. The third-order valence-corrected chi connectivity index (χ3v) is 1.56. The zero-order chi connectivity index (χ0) is 8.10. The number of hydrogen-bond donors (Lipinski definition) is 0. The fourth-order valence-corrected chi connectivity index (χ4v) is 0.944. The van der Waals surface area contributed by atoms with Crippen LogP contribution in [0, 0.1) is 0 Å². The van der Waals surface area contributed by atoms with Crippen LogP contribution in [0.2, 0.25) is 0 Å². The van der Waals surface area contributed by atoms with Crippen LogP contribution >= 0.6 is 0 Å². The van der Waals surface area contributed by atoms with Crippen molar-refractivity contribution in [1.29, 1.82) is 0 Å². The molecule has 0 fully saturated rings. The zero-order valence-corrected chi connectivity index (χ0v) is 6.59. The molecule has 1 aromatic carbocycles. The summed E-state index contributed by atoms with van der Waals surface area (Å²) in [4.78, 5) is 0. The van der Waals surface area contributed by atoms with Gasteiger partial charge in [0.15, 0.2) is 0 Å². The highest BCUT2D eigenvalue weighted by Gasteiger charge is 1.77. The molecule has 0 aliphatic rings. The van der Waals surface area contributed by atoms with Crippen molar-refractivity contribution in [2.24, 2.45) is 0 Å². The number of benzene rings is 1. The first-order chi connectivity index (χ1) is 5.34. The van der Waals surface area contributed by atoms with Crippen LogP contribution in [0.25, 0.3) is 12.7 Å². The van der Waals surface area contributed by atoms with Crippen LogP contribution in [-0.4, -0.2) is 0 Å². The second kappa shape index (κ2) is 3.77. The summed E-state index contributed by atoms with van der Waals surface area (Å²) < 4.78 is 0. The fourth-order valence-electron chi connectivity index (χ4n) is 0.944. The maximum absolute atomic E-state index is 3.91. The Morgan fingerprint density at radius 2 is 2.00 bits per heavy atom. The lowest BCUT2D eigenvalue weighted by Crippen LogP contribution is -2.21. The monoisotopic (exact) mass is 144 g/mol. The summed E-state index contributed by atoms with van der Waals surface area (Å²) in [7, 11) is 0. The zero-order valence-electron chi connectivity index (χ0n) is 6.59. The number of hydrogen-bond acceptors (Lipinski definition) is 0. The van der Waals surface area contributed by atoms with Crippen molar-refractivity contribution >= 4 is 12.7 Å².